The third-order valence-electron chi connectivity index (χ3n) is 17.5. The second-order valence-corrected chi connectivity index (χ2v) is 23.8. The van der Waals surface area contributed by atoms with Crippen LogP contribution in [0.2, 0.25) is 0 Å². The number of rotatable bonds is 8. The number of benzene rings is 11. The van der Waals surface area contributed by atoms with Crippen LogP contribution >= 0.6 is 0 Å². The molecule has 5 heterocycles. The zero-order valence-corrected chi connectivity index (χ0v) is 50.9. The average Bonchev–Trinajstić information content (AvgIpc) is 1.57. The quantitative estimate of drug-likeness (QED) is 0.142. The SMILES string of the molecule is Cc1cc(C)c(N(c2[c-]c(N3[CH-]N(c4c(-c5ccccc5)cccc4-c4ccccc4)c4ccccc43)ccc2)c2[c-]c3c(cc2)c2c4c(ccc2n3-c2cc(C(C)(C)C)ccn2)-n2c3ccccc3c3cccc(c32)-c2ccccc2-4)c(C)c1.[Pt]. The van der Waals surface area contributed by atoms with E-state index in [2.05, 4.69) is 321 Å². The van der Waals surface area contributed by atoms with Crippen molar-refractivity contribution in [1.29, 1.82) is 0 Å². The van der Waals surface area contributed by atoms with E-state index in [1.165, 1.54) is 55.2 Å². The van der Waals surface area contributed by atoms with E-state index < -0.39 is 0 Å². The van der Waals surface area contributed by atoms with E-state index in [0.29, 0.717) is 0 Å². The van der Waals surface area contributed by atoms with E-state index in [1.807, 2.05) is 6.20 Å². The van der Waals surface area contributed by atoms with Gasteiger partial charge in [0.05, 0.1) is 16.7 Å². The first kappa shape index (κ1) is 53.0. The van der Waals surface area contributed by atoms with Gasteiger partial charge in [-0.2, -0.15) is 12.1 Å². The summed E-state index contributed by atoms with van der Waals surface area (Å²) in [5.74, 6) is 0.847. The van der Waals surface area contributed by atoms with Gasteiger partial charge in [-0.25, -0.2) is 4.98 Å². The molecule has 0 amide bonds. The maximum atomic E-state index is 5.25. The van der Waals surface area contributed by atoms with E-state index >= 15 is 0 Å². The van der Waals surface area contributed by atoms with Gasteiger partial charge in [0, 0.05) is 88.6 Å². The van der Waals surface area contributed by atoms with E-state index in [4.69, 9.17) is 4.98 Å². The Kier molecular flexibility index (Phi) is 12.6. The van der Waals surface area contributed by atoms with Gasteiger partial charge < -0.3 is 23.8 Å². The first-order valence-corrected chi connectivity index (χ1v) is 29.4. The van der Waals surface area contributed by atoms with E-state index in [-0.39, 0.29) is 26.5 Å². The minimum absolute atomic E-state index is 0. The predicted octanol–water partition coefficient (Wildman–Crippen LogP) is 21.0. The number of aryl methyl sites for hydroxylation is 3. The number of para-hydroxylation sites is 5. The van der Waals surface area contributed by atoms with Crippen molar-refractivity contribution >= 4 is 83.4 Å². The molecule has 2 aliphatic heterocycles. The summed E-state index contributed by atoms with van der Waals surface area (Å²) in [4.78, 5) is 12.3. The van der Waals surface area contributed by atoms with Crippen LogP contribution in [0.3, 0.4) is 0 Å². The topological polar surface area (TPSA) is 32.5 Å². The van der Waals surface area contributed by atoms with E-state index in [9.17, 15) is 0 Å². The molecule has 7 heteroatoms. The number of anilines is 7. The normalized spacial score (nSPS) is 12.6. The number of aromatic nitrogens is 3. The van der Waals surface area contributed by atoms with Crippen LogP contribution in [-0.2, 0) is 26.5 Å². The minimum Gasteiger partial charge on any atom is -0.493 e. The Hall–Kier alpha value is -9.74. The van der Waals surface area contributed by atoms with Gasteiger partial charge in [-0.3, -0.25) is 0 Å². The molecule has 86 heavy (non-hydrogen) atoms. The van der Waals surface area contributed by atoms with Crippen LogP contribution in [0.1, 0.15) is 43.0 Å². The van der Waals surface area contributed by atoms with E-state index in [1.54, 1.807) is 0 Å². The third-order valence-corrected chi connectivity index (χ3v) is 17.5. The molecule has 0 aliphatic carbocycles. The van der Waals surface area contributed by atoms with Crippen LogP contribution in [0, 0.1) is 39.6 Å². The number of hydrogen-bond donors (Lipinski definition) is 0. The van der Waals surface area contributed by atoms with Gasteiger partial charge in [0.1, 0.15) is 5.82 Å². The van der Waals surface area contributed by atoms with Crippen molar-refractivity contribution < 1.29 is 21.1 Å². The molecule has 11 aromatic carbocycles. The molecule has 3 aromatic heterocycles. The first-order chi connectivity index (χ1) is 41.6. The zero-order chi connectivity index (χ0) is 57.2. The maximum Gasteiger partial charge on any atom is 0.135 e. The molecule has 0 spiro atoms. The van der Waals surface area contributed by atoms with Gasteiger partial charge in [0.15, 0.2) is 0 Å². The van der Waals surface area contributed by atoms with Crippen LogP contribution in [0.15, 0.2) is 243 Å². The Morgan fingerprint density at radius 3 is 1.80 bits per heavy atom. The standard InChI is InChI=1S/C79H59N6.Pt/c1-50-44-51(2)76(52(3)45-50)83(57-27-19-26-56(47-57)81-49-82(69-37-18-17-36-68(69)81)77-59(53-22-9-7-10-23-53)31-20-32-60(77)54-24-11-8-12-25-54)58-38-39-66-72(48-58)84(73-46-55(42-43-80-73)79(4,5)6)70-40-41-71-74(75(66)70)63-30-14-13-28-61(63)64-33-21-34-65-62-29-15-16-35-67(62)85(71)78(64)65;/h7-46,49H,1-6H3;/q-3;. The molecule has 6 nitrogen and oxygen atoms in total. The molecule has 0 saturated heterocycles. The third kappa shape index (κ3) is 8.29. The molecule has 0 bridgehead atoms. The Bertz CT molecular complexity index is 4950. The summed E-state index contributed by atoms with van der Waals surface area (Å²) >= 11 is 0. The molecule has 0 atom stereocenters. The minimum atomic E-state index is -0.119. The summed E-state index contributed by atoms with van der Waals surface area (Å²) in [5.41, 5.74) is 26.6. The smallest absolute Gasteiger partial charge is 0.135 e. The Morgan fingerprint density at radius 1 is 0.465 bits per heavy atom. The second kappa shape index (κ2) is 20.5. The maximum absolute atomic E-state index is 5.25. The molecular formula is C79H59N6Pt-3. The van der Waals surface area contributed by atoms with E-state index in [0.717, 1.165) is 107 Å². The van der Waals surface area contributed by atoms with Gasteiger partial charge >= 0.3 is 0 Å². The number of nitrogens with zero attached hydrogens (tertiary/aromatic N) is 6. The molecule has 0 unspecified atom stereocenters. The molecule has 2 aliphatic rings. The molecular weight excluding hydrogens is 1230 g/mol. The summed E-state index contributed by atoms with van der Waals surface area (Å²) in [6.07, 6.45) is 1.97. The molecule has 14 aromatic rings. The van der Waals surface area contributed by atoms with Gasteiger partial charge in [-0.1, -0.05) is 207 Å². The van der Waals surface area contributed by atoms with Gasteiger partial charge in [0.2, 0.25) is 0 Å². The number of pyridine rings is 1. The molecule has 0 radical (unpaired) electrons. The first-order valence-electron chi connectivity index (χ1n) is 29.4. The molecule has 0 saturated carbocycles. The van der Waals surface area contributed by atoms with Gasteiger partial charge in [0.25, 0.3) is 0 Å². The predicted molar refractivity (Wildman–Crippen MR) is 355 cm³/mol. The average molecular weight is 1290 g/mol. The van der Waals surface area contributed by atoms with Crippen LogP contribution in [0.25, 0.3) is 99.6 Å². The molecule has 418 valence electrons. The molecule has 0 N–H and O–H groups in total. The fourth-order valence-electron chi connectivity index (χ4n) is 13.9. The zero-order valence-electron chi connectivity index (χ0n) is 48.7. The molecule has 16 rings (SSSR count). The van der Waals surface area contributed by atoms with Crippen LogP contribution in [0.5, 0.6) is 0 Å². The summed E-state index contributed by atoms with van der Waals surface area (Å²) in [5, 5.41) is 4.74. The second-order valence-electron chi connectivity index (χ2n) is 23.8. The van der Waals surface area contributed by atoms with Crippen LogP contribution in [0.4, 0.5) is 39.8 Å². The Morgan fingerprint density at radius 2 is 1.07 bits per heavy atom. The van der Waals surface area contributed by atoms with Crippen molar-refractivity contribution in [2.75, 3.05) is 14.7 Å². The summed E-state index contributed by atoms with van der Waals surface area (Å²) < 4.78 is 4.88. The van der Waals surface area contributed by atoms with Crippen molar-refractivity contribution in [1.82, 2.24) is 14.1 Å². The summed E-state index contributed by atoms with van der Waals surface area (Å²) in [7, 11) is 0. The van der Waals surface area contributed by atoms with Gasteiger partial charge in [-0.15, -0.1) is 48.1 Å². The fraction of sp³-hybridized carbons (Fsp3) is 0.0886. The molecule has 0 fully saturated rings. The van der Waals surface area contributed by atoms with Crippen molar-refractivity contribution in [3.63, 3.8) is 0 Å². The summed E-state index contributed by atoms with van der Waals surface area (Å²) in [6.45, 7) is 15.7. The van der Waals surface area contributed by atoms with Crippen LogP contribution < -0.4 is 14.7 Å². The van der Waals surface area contributed by atoms with Crippen LogP contribution in [-0.4, -0.2) is 14.1 Å². The number of hydrogen-bond acceptors (Lipinski definition) is 4. The summed E-state index contributed by atoms with van der Waals surface area (Å²) in [6, 6.07) is 94.5. The van der Waals surface area contributed by atoms with Crippen molar-refractivity contribution in [2.24, 2.45) is 0 Å². The number of fused-ring (bicyclic) bond motifs is 13. The fourth-order valence-corrected chi connectivity index (χ4v) is 13.9. The Labute approximate surface area is 516 Å². The van der Waals surface area contributed by atoms with Gasteiger partial charge in [-0.05, 0) is 113 Å². The largest absolute Gasteiger partial charge is 0.493 e. The van der Waals surface area contributed by atoms with Crippen molar-refractivity contribution in [3.8, 4) is 56.0 Å². The van der Waals surface area contributed by atoms with Crippen molar-refractivity contribution in [2.45, 2.75) is 47.0 Å². The Balaban J connectivity index is 0.00000625. The monoisotopic (exact) mass is 1290 g/mol. The van der Waals surface area contributed by atoms with Crippen molar-refractivity contribution in [3.05, 3.63) is 284 Å².